The minimum atomic E-state index is -1.10. The van der Waals surface area contributed by atoms with E-state index in [4.69, 9.17) is 10.8 Å². The van der Waals surface area contributed by atoms with Crippen LogP contribution in [0.5, 0.6) is 0 Å². The molecule has 0 spiro atoms. The number of nitrogens with two attached hydrogens (primary N) is 1. The molecule has 108 valence electrons. The van der Waals surface area contributed by atoms with Gasteiger partial charge in [-0.15, -0.1) is 0 Å². The number of halogens is 1. The molecule has 0 unspecified atom stereocenters. The average Bonchev–Trinajstić information content (AvgIpc) is 2.45. The summed E-state index contributed by atoms with van der Waals surface area (Å²) in [6.45, 7) is -0.445. The molecule has 2 aromatic rings. The smallest absolute Gasteiger partial charge is 0.323 e. The summed E-state index contributed by atoms with van der Waals surface area (Å²) in [5.74, 6) is -1.50. The lowest BCUT2D eigenvalue weighted by molar-refractivity contribution is -0.135. The molecule has 0 aromatic heterocycles. The van der Waals surface area contributed by atoms with Crippen LogP contribution in [0.4, 0.5) is 11.4 Å². The number of carbonyl (C=O) groups is 2. The summed E-state index contributed by atoms with van der Waals surface area (Å²) in [7, 11) is 0. The van der Waals surface area contributed by atoms with E-state index < -0.39 is 18.4 Å². The molecular weight excluding hydrogens is 383 g/mol. The maximum atomic E-state index is 12.5. The highest BCUT2D eigenvalue weighted by molar-refractivity contribution is 14.1. The van der Waals surface area contributed by atoms with Crippen LogP contribution in [-0.2, 0) is 4.79 Å². The summed E-state index contributed by atoms with van der Waals surface area (Å²) in [5.41, 5.74) is 7.02. The van der Waals surface area contributed by atoms with Crippen LogP contribution in [-0.4, -0.2) is 23.5 Å². The fourth-order valence-corrected chi connectivity index (χ4v) is 2.24. The van der Waals surface area contributed by atoms with Gasteiger partial charge >= 0.3 is 5.97 Å². The molecule has 2 aromatic carbocycles. The van der Waals surface area contributed by atoms with Crippen LogP contribution < -0.4 is 10.6 Å². The molecule has 3 N–H and O–H groups in total. The number of carboxylic acids is 1. The zero-order valence-electron chi connectivity index (χ0n) is 11.0. The summed E-state index contributed by atoms with van der Waals surface area (Å²) >= 11 is 2.14. The normalized spacial score (nSPS) is 10.1. The molecule has 0 aliphatic heterocycles. The lowest BCUT2D eigenvalue weighted by Crippen LogP contribution is -2.36. The van der Waals surface area contributed by atoms with Crippen molar-refractivity contribution in [3.05, 3.63) is 57.7 Å². The highest BCUT2D eigenvalue weighted by atomic mass is 127. The van der Waals surface area contributed by atoms with Crippen molar-refractivity contribution in [1.29, 1.82) is 0 Å². The van der Waals surface area contributed by atoms with E-state index in [9.17, 15) is 9.59 Å². The van der Waals surface area contributed by atoms with Gasteiger partial charge in [0.15, 0.2) is 0 Å². The Kier molecular flexibility index (Phi) is 4.79. The number of hydrogen-bond acceptors (Lipinski definition) is 3. The first kappa shape index (κ1) is 15.3. The van der Waals surface area contributed by atoms with Gasteiger partial charge in [0.25, 0.3) is 5.91 Å². The van der Waals surface area contributed by atoms with Gasteiger partial charge in [0.2, 0.25) is 0 Å². The molecule has 0 aliphatic carbocycles. The number of amides is 1. The number of hydrogen-bond donors (Lipinski definition) is 2. The lowest BCUT2D eigenvalue weighted by Gasteiger charge is -2.22. The molecule has 0 fully saturated rings. The zero-order valence-corrected chi connectivity index (χ0v) is 13.1. The number of aliphatic carboxylic acids is 1. The molecule has 6 heteroatoms. The second kappa shape index (κ2) is 6.57. The van der Waals surface area contributed by atoms with Crippen molar-refractivity contribution in [3.63, 3.8) is 0 Å². The Morgan fingerprint density at radius 3 is 2.29 bits per heavy atom. The van der Waals surface area contributed by atoms with Crippen molar-refractivity contribution in [1.82, 2.24) is 0 Å². The number of carbonyl (C=O) groups excluding carboxylic acids is 1. The zero-order chi connectivity index (χ0) is 15.4. The first-order chi connectivity index (χ1) is 9.99. The molecule has 0 bridgehead atoms. The number of benzene rings is 2. The van der Waals surface area contributed by atoms with Gasteiger partial charge in [-0.3, -0.25) is 14.5 Å². The highest BCUT2D eigenvalue weighted by Crippen LogP contribution is 2.24. The fraction of sp³-hybridized carbons (Fsp3) is 0.0667. The Morgan fingerprint density at radius 1 is 1.10 bits per heavy atom. The summed E-state index contributed by atoms with van der Waals surface area (Å²) in [4.78, 5) is 24.8. The predicted molar refractivity (Wildman–Crippen MR) is 89.3 cm³/mol. The molecule has 1 amide bonds. The van der Waals surface area contributed by atoms with Gasteiger partial charge < -0.3 is 10.8 Å². The molecule has 21 heavy (non-hydrogen) atoms. The standard InChI is InChI=1S/C15H13IN2O3/c16-11-7-5-10(6-8-11)15(21)18(9-14(19)20)13-4-2-1-3-12(13)17/h1-8H,9,17H2,(H,19,20). The SMILES string of the molecule is Nc1ccccc1N(CC(=O)O)C(=O)c1ccc(I)cc1. The molecule has 0 heterocycles. The summed E-state index contributed by atoms with van der Waals surface area (Å²) in [6, 6.07) is 13.6. The second-order valence-electron chi connectivity index (χ2n) is 4.35. The van der Waals surface area contributed by atoms with Gasteiger partial charge in [0.1, 0.15) is 6.54 Å². The van der Waals surface area contributed by atoms with Crippen LogP contribution in [0.15, 0.2) is 48.5 Å². The first-order valence-electron chi connectivity index (χ1n) is 6.13. The number of anilines is 2. The van der Waals surface area contributed by atoms with Gasteiger partial charge in [-0.1, -0.05) is 12.1 Å². The van der Waals surface area contributed by atoms with Gasteiger partial charge in [-0.25, -0.2) is 0 Å². The van der Waals surface area contributed by atoms with Crippen LogP contribution in [0.25, 0.3) is 0 Å². The largest absolute Gasteiger partial charge is 0.480 e. The van der Waals surface area contributed by atoms with Crippen molar-refractivity contribution >= 4 is 45.8 Å². The lowest BCUT2D eigenvalue weighted by atomic mass is 10.1. The van der Waals surface area contributed by atoms with E-state index in [1.165, 1.54) is 4.90 Å². The van der Waals surface area contributed by atoms with Gasteiger partial charge in [-0.2, -0.15) is 0 Å². The Labute approximate surface area is 135 Å². The molecule has 2 rings (SSSR count). The predicted octanol–water partition coefficient (Wildman–Crippen LogP) is 2.60. The van der Waals surface area contributed by atoms with Crippen molar-refractivity contribution in [2.75, 3.05) is 17.2 Å². The first-order valence-corrected chi connectivity index (χ1v) is 7.20. The maximum Gasteiger partial charge on any atom is 0.323 e. The number of nitrogens with zero attached hydrogens (tertiary/aromatic N) is 1. The number of para-hydroxylation sites is 2. The van der Waals surface area contributed by atoms with Gasteiger partial charge in [0.05, 0.1) is 11.4 Å². The van der Waals surface area contributed by atoms with E-state index in [1.807, 2.05) is 0 Å². The Hall–Kier alpha value is -2.09. The number of carboxylic acid groups (broad SMARTS) is 1. The summed E-state index contributed by atoms with van der Waals surface area (Å²) < 4.78 is 0.994. The topological polar surface area (TPSA) is 83.6 Å². The van der Waals surface area contributed by atoms with Crippen LogP contribution in [0.3, 0.4) is 0 Å². The quantitative estimate of drug-likeness (QED) is 0.615. The molecule has 0 saturated carbocycles. The molecular formula is C15H13IN2O3. The van der Waals surface area contributed by atoms with E-state index in [1.54, 1.807) is 48.5 Å². The van der Waals surface area contributed by atoms with Crippen LogP contribution in [0.1, 0.15) is 10.4 Å². The van der Waals surface area contributed by atoms with Crippen molar-refractivity contribution in [2.45, 2.75) is 0 Å². The van der Waals surface area contributed by atoms with Crippen LogP contribution >= 0.6 is 22.6 Å². The second-order valence-corrected chi connectivity index (χ2v) is 5.60. The third-order valence-electron chi connectivity index (χ3n) is 2.86. The molecule has 5 nitrogen and oxygen atoms in total. The van der Waals surface area contributed by atoms with E-state index in [2.05, 4.69) is 22.6 Å². The van der Waals surface area contributed by atoms with Crippen molar-refractivity contribution in [2.24, 2.45) is 0 Å². The molecule has 0 aliphatic rings. The van der Waals surface area contributed by atoms with E-state index >= 15 is 0 Å². The summed E-state index contributed by atoms with van der Waals surface area (Å²) in [5, 5.41) is 9.04. The molecule has 0 saturated heterocycles. The van der Waals surface area contributed by atoms with Crippen molar-refractivity contribution in [3.8, 4) is 0 Å². The third kappa shape index (κ3) is 3.72. The minimum Gasteiger partial charge on any atom is -0.480 e. The van der Waals surface area contributed by atoms with Crippen LogP contribution in [0.2, 0.25) is 0 Å². The van der Waals surface area contributed by atoms with E-state index in [0.717, 1.165) is 3.57 Å². The highest BCUT2D eigenvalue weighted by Gasteiger charge is 2.21. The molecule has 0 radical (unpaired) electrons. The van der Waals surface area contributed by atoms with Crippen LogP contribution in [0, 0.1) is 3.57 Å². The Balaban J connectivity index is 2.41. The third-order valence-corrected chi connectivity index (χ3v) is 3.58. The summed E-state index contributed by atoms with van der Waals surface area (Å²) in [6.07, 6.45) is 0. The fourth-order valence-electron chi connectivity index (χ4n) is 1.88. The minimum absolute atomic E-state index is 0.359. The Bertz CT molecular complexity index is 671. The number of nitrogen functional groups attached to an aromatic ring is 1. The van der Waals surface area contributed by atoms with Gasteiger partial charge in [0, 0.05) is 9.13 Å². The van der Waals surface area contributed by atoms with Crippen molar-refractivity contribution < 1.29 is 14.7 Å². The number of rotatable bonds is 4. The average molecular weight is 396 g/mol. The Morgan fingerprint density at radius 2 is 1.71 bits per heavy atom. The van der Waals surface area contributed by atoms with E-state index in [0.29, 0.717) is 16.9 Å². The van der Waals surface area contributed by atoms with E-state index in [-0.39, 0.29) is 0 Å². The molecule has 0 atom stereocenters. The van der Waals surface area contributed by atoms with Gasteiger partial charge in [-0.05, 0) is 59.0 Å². The maximum absolute atomic E-state index is 12.5. The monoisotopic (exact) mass is 396 g/mol.